The number of anilines is 1. The third-order valence-electron chi connectivity index (χ3n) is 9.82. The Balaban J connectivity index is 1.46. The third kappa shape index (κ3) is 7.01. The predicted octanol–water partition coefficient (Wildman–Crippen LogP) is 4.47. The molecule has 4 aliphatic heterocycles. The number of carbonyl (C=O) groups excluding carboxylic acids is 4. The summed E-state index contributed by atoms with van der Waals surface area (Å²) in [5, 5.41) is 12.9. The number of nitrogens with zero attached hydrogens (tertiary/aromatic N) is 2. The maximum Gasteiger partial charge on any atom is 0.313 e. The number of methoxy groups -OCH3 is 1. The molecule has 2 aromatic rings. The molecule has 0 unspecified atom stereocenters. The van der Waals surface area contributed by atoms with Crippen molar-refractivity contribution in [1.29, 1.82) is 0 Å². The Labute approximate surface area is 304 Å². The van der Waals surface area contributed by atoms with Gasteiger partial charge < -0.3 is 34.4 Å². The summed E-state index contributed by atoms with van der Waals surface area (Å²) in [6.07, 6.45) is 5.90. The molecule has 266 valence electrons. The highest BCUT2D eigenvalue weighted by Gasteiger charge is 2.75. The van der Waals surface area contributed by atoms with Crippen LogP contribution in [0.2, 0.25) is 5.02 Å². The smallest absolute Gasteiger partial charge is 0.313 e. The molecule has 50 heavy (non-hydrogen) atoms. The minimum Gasteiger partial charge on any atom is -0.455 e. The van der Waals surface area contributed by atoms with Crippen LogP contribution in [0.3, 0.4) is 0 Å². The van der Waals surface area contributed by atoms with E-state index in [1.165, 1.54) is 7.11 Å². The van der Waals surface area contributed by atoms with Crippen LogP contribution in [0.15, 0.2) is 77.3 Å². The van der Waals surface area contributed by atoms with Crippen LogP contribution in [0.5, 0.6) is 0 Å². The van der Waals surface area contributed by atoms with Gasteiger partial charge in [-0.1, -0.05) is 70.0 Å². The molecule has 3 amide bonds. The average molecular weight is 771 g/mol. The van der Waals surface area contributed by atoms with Crippen LogP contribution >= 0.6 is 27.5 Å². The van der Waals surface area contributed by atoms with E-state index in [1.54, 1.807) is 40.1 Å². The minimum atomic E-state index is -1.46. The number of hydrogen-bond acceptors (Lipinski definition) is 8. The van der Waals surface area contributed by atoms with Crippen molar-refractivity contribution in [1.82, 2.24) is 10.2 Å². The number of halogens is 2. The highest BCUT2D eigenvalue weighted by Crippen LogP contribution is 2.59. The van der Waals surface area contributed by atoms with E-state index in [0.717, 1.165) is 0 Å². The molecule has 4 heterocycles. The lowest BCUT2D eigenvalue weighted by Crippen LogP contribution is -2.56. The Kier molecular flexibility index (Phi) is 11.4. The Bertz CT molecular complexity index is 1640. The van der Waals surface area contributed by atoms with Crippen LogP contribution in [0.1, 0.15) is 43.8 Å². The predicted molar refractivity (Wildman–Crippen MR) is 189 cm³/mol. The number of ether oxygens (including phenoxy) is 3. The topological polar surface area (TPSA) is 135 Å². The van der Waals surface area contributed by atoms with Crippen molar-refractivity contribution in [3.05, 3.63) is 87.9 Å². The van der Waals surface area contributed by atoms with E-state index in [4.69, 9.17) is 25.8 Å². The fourth-order valence-electron chi connectivity index (χ4n) is 7.57. The maximum atomic E-state index is 15.0. The molecular formula is C37H41BrClN3O8. The third-order valence-corrected chi connectivity index (χ3v) is 10.7. The van der Waals surface area contributed by atoms with Gasteiger partial charge in [0.1, 0.15) is 29.8 Å². The lowest BCUT2D eigenvalue weighted by atomic mass is 9.74. The number of esters is 1. The van der Waals surface area contributed by atoms with Crippen LogP contribution in [-0.4, -0.2) is 90.9 Å². The molecule has 0 aliphatic carbocycles. The maximum absolute atomic E-state index is 15.0. The van der Waals surface area contributed by atoms with Gasteiger partial charge in [0, 0.05) is 48.4 Å². The Morgan fingerprint density at radius 3 is 2.48 bits per heavy atom. The molecule has 2 saturated heterocycles. The number of aliphatic hydroxyl groups is 1. The molecule has 4 aliphatic rings. The lowest BCUT2D eigenvalue weighted by molar-refractivity contribution is -0.162. The highest BCUT2D eigenvalue weighted by molar-refractivity contribution is 9.11. The van der Waals surface area contributed by atoms with E-state index in [9.17, 15) is 24.3 Å². The second-order valence-electron chi connectivity index (χ2n) is 13.0. The number of aliphatic hydroxyl groups excluding tert-OH is 1. The van der Waals surface area contributed by atoms with E-state index in [2.05, 4.69) is 21.2 Å². The van der Waals surface area contributed by atoms with Gasteiger partial charge in [-0.3, -0.25) is 19.2 Å². The van der Waals surface area contributed by atoms with Gasteiger partial charge in [-0.2, -0.15) is 0 Å². The molecule has 5 bridgehead atoms. The first kappa shape index (κ1) is 36.2. The Hall–Kier alpha value is -3.55. The molecule has 2 aromatic carbocycles. The molecule has 2 N–H and O–H groups in total. The van der Waals surface area contributed by atoms with Crippen LogP contribution in [-0.2, 0) is 33.4 Å². The fraction of sp³-hybridized carbons (Fsp3) is 0.459. The number of cyclic esters (lactones) is 1. The van der Waals surface area contributed by atoms with Crippen LogP contribution in [0.25, 0.3) is 0 Å². The molecule has 11 nitrogen and oxygen atoms in total. The van der Waals surface area contributed by atoms with Crippen molar-refractivity contribution in [3.8, 4) is 0 Å². The average Bonchev–Trinajstić information content (AvgIpc) is 3.70. The number of rotatable bonds is 9. The number of benzene rings is 2. The number of amides is 3. The van der Waals surface area contributed by atoms with E-state index in [1.807, 2.05) is 42.5 Å². The summed E-state index contributed by atoms with van der Waals surface area (Å²) < 4.78 is 19.0. The molecule has 0 radical (unpaired) electrons. The second-order valence-corrected chi connectivity index (χ2v) is 14.3. The van der Waals surface area contributed by atoms with Crippen LogP contribution < -0.4 is 10.2 Å². The Morgan fingerprint density at radius 1 is 1.00 bits per heavy atom. The van der Waals surface area contributed by atoms with Crippen molar-refractivity contribution in [2.75, 3.05) is 38.3 Å². The van der Waals surface area contributed by atoms with Crippen LogP contribution in [0, 0.1) is 11.8 Å². The largest absolute Gasteiger partial charge is 0.455 e. The number of unbranched alkanes of at least 4 members (excludes halogenated alkanes) is 2. The summed E-state index contributed by atoms with van der Waals surface area (Å²) in [6.45, 7) is 0.450. The first-order valence-electron chi connectivity index (χ1n) is 16.9. The first-order chi connectivity index (χ1) is 24.2. The van der Waals surface area contributed by atoms with Gasteiger partial charge in [-0.05, 0) is 61.6 Å². The van der Waals surface area contributed by atoms with Gasteiger partial charge in [-0.15, -0.1) is 0 Å². The zero-order valence-electron chi connectivity index (χ0n) is 27.7. The van der Waals surface area contributed by atoms with Gasteiger partial charge in [0.25, 0.3) is 5.91 Å². The SMILES string of the molecule is COC[C@H]1NC(=O)CC/C=C\CN(c2ccc(Cl)cc2)C(=O)[C@@H]2N(CCCCCO)C(=O)[C@H]3[C@H](C(=O)O[C@@H]1c1ccccc1)[C@H]1O[C@@]23C=C1Br. The summed E-state index contributed by atoms with van der Waals surface area (Å²) >= 11 is 9.82. The van der Waals surface area contributed by atoms with Gasteiger partial charge >= 0.3 is 5.97 Å². The molecule has 0 saturated carbocycles. The normalized spacial score (nSPS) is 30.6. The summed E-state index contributed by atoms with van der Waals surface area (Å²) in [6, 6.07) is 14.1. The van der Waals surface area contributed by atoms with Gasteiger partial charge in [0.05, 0.1) is 18.6 Å². The summed E-state index contributed by atoms with van der Waals surface area (Å²) in [4.78, 5) is 60.4. The number of allylic oxidation sites excluding steroid dienone is 1. The molecule has 13 heteroatoms. The number of carbonyl (C=O) groups is 4. The Morgan fingerprint density at radius 2 is 1.76 bits per heavy atom. The summed E-state index contributed by atoms with van der Waals surface area (Å²) in [5.74, 6) is -3.83. The monoisotopic (exact) mass is 769 g/mol. The van der Waals surface area contributed by atoms with E-state index >= 15 is 0 Å². The molecule has 7 atom stereocenters. The van der Waals surface area contributed by atoms with Crippen molar-refractivity contribution in [2.24, 2.45) is 11.8 Å². The zero-order chi connectivity index (χ0) is 35.4. The zero-order valence-corrected chi connectivity index (χ0v) is 30.1. The standard InChI is InChI=1S/C37H41BrClN3O8/c1-48-22-27-31(23-11-5-2-6-12-23)49-36(47)29-30-34(45)42(19-9-4-10-20-43)33(37(30)21-26(38)32(29)50-37)35(46)41(25-16-14-24(39)15-17-25)18-8-3-7-13-28(44)40-27/h2-3,5-6,8,11-12,14-17,21,27,29-33,43H,4,7,9-10,13,18-20,22H2,1H3,(H,40,44)/b8-3-/t27-,29+,30-,31-,32+,33+,37-/m1/s1. The molecular weight excluding hydrogens is 730 g/mol. The summed E-state index contributed by atoms with van der Waals surface area (Å²) in [5.41, 5.74) is -0.250. The van der Waals surface area contributed by atoms with Crippen molar-refractivity contribution in [3.63, 3.8) is 0 Å². The first-order valence-corrected chi connectivity index (χ1v) is 18.1. The minimum absolute atomic E-state index is 0.0149. The number of nitrogens with one attached hydrogen (secondary N) is 1. The van der Waals surface area contributed by atoms with Gasteiger partial charge in [0.15, 0.2) is 0 Å². The van der Waals surface area contributed by atoms with E-state index < -0.39 is 47.7 Å². The van der Waals surface area contributed by atoms with E-state index in [0.29, 0.717) is 46.4 Å². The number of fused-ring (bicyclic) bond motifs is 2. The van der Waals surface area contributed by atoms with Gasteiger partial charge in [-0.25, -0.2) is 0 Å². The van der Waals surface area contributed by atoms with Crippen LogP contribution in [0.4, 0.5) is 5.69 Å². The molecule has 1 spiro atoms. The lowest BCUT2D eigenvalue weighted by Gasteiger charge is -2.36. The van der Waals surface area contributed by atoms with Gasteiger partial charge in [0.2, 0.25) is 11.8 Å². The highest BCUT2D eigenvalue weighted by atomic mass is 79.9. The second kappa shape index (κ2) is 15.8. The van der Waals surface area contributed by atoms with E-state index in [-0.39, 0.29) is 50.4 Å². The van der Waals surface area contributed by atoms with Crippen molar-refractivity contribution >= 4 is 56.9 Å². The molecule has 2 fully saturated rings. The van der Waals surface area contributed by atoms with Crippen molar-refractivity contribution in [2.45, 2.75) is 62.0 Å². The summed E-state index contributed by atoms with van der Waals surface area (Å²) in [7, 11) is 1.51. The fourth-order valence-corrected chi connectivity index (χ4v) is 8.43. The quantitative estimate of drug-likeness (QED) is 0.217. The van der Waals surface area contributed by atoms with Crippen molar-refractivity contribution < 1.29 is 38.5 Å². The number of likely N-dealkylation sites (tertiary alicyclic amines) is 1. The number of hydrogen-bond donors (Lipinski definition) is 2. The molecule has 0 aromatic heterocycles. The molecule has 6 rings (SSSR count).